The van der Waals surface area contributed by atoms with Gasteiger partial charge in [-0.05, 0) is 38.5 Å². The molecule has 0 aromatic carbocycles. The zero-order chi connectivity index (χ0) is 16.9. The predicted octanol–water partition coefficient (Wildman–Crippen LogP) is 2.12. The lowest BCUT2D eigenvalue weighted by atomic mass is 9.81. The van der Waals surface area contributed by atoms with Crippen LogP contribution in [0, 0.1) is 17.8 Å². The molecule has 0 spiro atoms. The smallest absolute Gasteiger partial charge is 0.226 e. The van der Waals surface area contributed by atoms with Crippen LogP contribution in [0.5, 0.6) is 0 Å². The highest BCUT2D eigenvalue weighted by atomic mass is 16.5. The van der Waals surface area contributed by atoms with E-state index in [1.807, 2.05) is 17.1 Å². The molecule has 0 aromatic rings. The van der Waals surface area contributed by atoms with E-state index in [1.165, 1.54) is 19.3 Å². The summed E-state index contributed by atoms with van der Waals surface area (Å²) in [7, 11) is 0. The number of rotatable bonds is 6. The van der Waals surface area contributed by atoms with Crippen LogP contribution in [-0.4, -0.2) is 49.1 Å². The normalized spacial score (nSPS) is 28.5. The molecule has 0 unspecified atom stereocenters. The first-order valence-corrected chi connectivity index (χ1v) is 9.47. The van der Waals surface area contributed by atoms with E-state index < -0.39 is 0 Å². The van der Waals surface area contributed by atoms with Crippen molar-refractivity contribution in [3.8, 4) is 0 Å². The van der Waals surface area contributed by atoms with Gasteiger partial charge >= 0.3 is 0 Å². The molecule has 5 nitrogen and oxygen atoms in total. The van der Waals surface area contributed by atoms with Crippen molar-refractivity contribution in [2.45, 2.75) is 51.5 Å². The highest BCUT2D eigenvalue weighted by molar-refractivity contribution is 5.88. The number of allylic oxidation sites excluding steroid dienone is 2. The van der Waals surface area contributed by atoms with Gasteiger partial charge in [-0.2, -0.15) is 0 Å². The molecule has 1 saturated carbocycles. The third-order valence-corrected chi connectivity index (χ3v) is 5.50. The van der Waals surface area contributed by atoms with Crippen LogP contribution in [-0.2, 0) is 14.3 Å². The number of morpholine rings is 1. The van der Waals surface area contributed by atoms with Crippen molar-refractivity contribution in [3.05, 3.63) is 12.2 Å². The van der Waals surface area contributed by atoms with E-state index in [9.17, 15) is 9.59 Å². The van der Waals surface area contributed by atoms with Crippen LogP contribution in [0.4, 0.5) is 0 Å². The van der Waals surface area contributed by atoms with E-state index in [0.717, 1.165) is 12.3 Å². The lowest BCUT2D eigenvalue weighted by Crippen LogP contribution is -2.49. The van der Waals surface area contributed by atoms with Gasteiger partial charge < -0.3 is 15.0 Å². The molecule has 2 fully saturated rings. The standard InChI is InChI=1S/C19H30N2O3/c1-14(6-7-15-8-9-15)20-18(22)16-4-2-3-5-17(16)19(23)21-10-12-24-13-11-21/h2-3,14-17H,4-13H2,1H3,(H,20,22)/t14-,16+,17-/m1/s1. The number of hydrogen-bond acceptors (Lipinski definition) is 3. The van der Waals surface area contributed by atoms with E-state index >= 15 is 0 Å². The molecular weight excluding hydrogens is 304 g/mol. The average Bonchev–Trinajstić information content (AvgIpc) is 3.44. The van der Waals surface area contributed by atoms with Crippen LogP contribution >= 0.6 is 0 Å². The van der Waals surface area contributed by atoms with E-state index in [0.29, 0.717) is 39.1 Å². The number of nitrogens with one attached hydrogen (secondary N) is 1. The lowest BCUT2D eigenvalue weighted by molar-refractivity contribution is -0.145. The maximum atomic E-state index is 12.8. The van der Waals surface area contributed by atoms with Crippen molar-refractivity contribution in [3.63, 3.8) is 0 Å². The van der Waals surface area contributed by atoms with Crippen molar-refractivity contribution in [2.75, 3.05) is 26.3 Å². The second-order valence-electron chi connectivity index (χ2n) is 7.52. The van der Waals surface area contributed by atoms with Gasteiger partial charge in [0.25, 0.3) is 0 Å². The topological polar surface area (TPSA) is 58.6 Å². The van der Waals surface area contributed by atoms with Gasteiger partial charge in [-0.3, -0.25) is 9.59 Å². The van der Waals surface area contributed by atoms with Crippen molar-refractivity contribution < 1.29 is 14.3 Å². The third-order valence-electron chi connectivity index (χ3n) is 5.50. The Bertz CT molecular complexity index is 481. The summed E-state index contributed by atoms with van der Waals surface area (Å²) < 4.78 is 5.33. The Balaban J connectivity index is 1.55. The molecule has 2 amide bonds. The van der Waals surface area contributed by atoms with E-state index in [-0.39, 0.29) is 29.7 Å². The van der Waals surface area contributed by atoms with Crippen molar-refractivity contribution in [1.82, 2.24) is 10.2 Å². The second kappa shape index (κ2) is 8.15. The quantitative estimate of drug-likeness (QED) is 0.757. The van der Waals surface area contributed by atoms with Crippen molar-refractivity contribution in [2.24, 2.45) is 17.8 Å². The first kappa shape index (κ1) is 17.5. The molecule has 0 aromatic heterocycles. The van der Waals surface area contributed by atoms with Crippen LogP contribution < -0.4 is 5.32 Å². The summed E-state index contributed by atoms with van der Waals surface area (Å²) in [6.45, 7) is 4.57. The zero-order valence-electron chi connectivity index (χ0n) is 14.7. The molecule has 5 heteroatoms. The van der Waals surface area contributed by atoms with Gasteiger partial charge in [0, 0.05) is 19.1 Å². The molecule has 3 aliphatic rings. The van der Waals surface area contributed by atoms with Gasteiger partial charge in [0.2, 0.25) is 11.8 Å². The van der Waals surface area contributed by atoms with Gasteiger partial charge in [-0.15, -0.1) is 0 Å². The summed E-state index contributed by atoms with van der Waals surface area (Å²) in [4.78, 5) is 27.4. The second-order valence-corrected chi connectivity index (χ2v) is 7.52. The number of carbonyl (C=O) groups excluding carboxylic acids is 2. The largest absolute Gasteiger partial charge is 0.378 e. The molecule has 1 saturated heterocycles. The van der Waals surface area contributed by atoms with Gasteiger partial charge in [0.15, 0.2) is 0 Å². The number of carbonyl (C=O) groups is 2. The minimum atomic E-state index is -0.228. The maximum Gasteiger partial charge on any atom is 0.226 e. The fourth-order valence-corrected chi connectivity index (χ4v) is 3.71. The Morgan fingerprint density at radius 3 is 2.50 bits per heavy atom. The number of nitrogens with zero attached hydrogens (tertiary/aromatic N) is 1. The van der Waals surface area contributed by atoms with Crippen LogP contribution in [0.3, 0.4) is 0 Å². The Morgan fingerprint density at radius 1 is 1.17 bits per heavy atom. The van der Waals surface area contributed by atoms with E-state index in [2.05, 4.69) is 12.2 Å². The molecule has 3 rings (SSSR count). The summed E-state index contributed by atoms with van der Waals surface area (Å²) in [5.74, 6) is 0.609. The van der Waals surface area contributed by atoms with Crippen molar-refractivity contribution >= 4 is 11.8 Å². The van der Waals surface area contributed by atoms with Crippen LogP contribution in [0.15, 0.2) is 12.2 Å². The zero-order valence-corrected chi connectivity index (χ0v) is 14.7. The molecule has 0 bridgehead atoms. The van der Waals surface area contributed by atoms with Gasteiger partial charge in [-0.1, -0.05) is 25.0 Å². The molecule has 2 aliphatic carbocycles. The number of amides is 2. The third kappa shape index (κ3) is 4.59. The predicted molar refractivity (Wildman–Crippen MR) is 92.3 cm³/mol. The minimum Gasteiger partial charge on any atom is -0.378 e. The molecule has 3 atom stereocenters. The first-order chi connectivity index (χ1) is 11.6. The van der Waals surface area contributed by atoms with Gasteiger partial charge in [0.05, 0.1) is 25.0 Å². The lowest BCUT2D eigenvalue weighted by Gasteiger charge is -2.34. The number of ether oxygens (including phenoxy) is 1. The summed E-state index contributed by atoms with van der Waals surface area (Å²) >= 11 is 0. The monoisotopic (exact) mass is 334 g/mol. The average molecular weight is 334 g/mol. The SMILES string of the molecule is C[C@H](CCC1CC1)NC(=O)[C@H]1CC=CC[C@H]1C(=O)N1CCOCC1. The molecule has 134 valence electrons. The first-order valence-electron chi connectivity index (χ1n) is 9.47. The summed E-state index contributed by atoms with van der Waals surface area (Å²) in [5.41, 5.74) is 0. The molecule has 0 radical (unpaired) electrons. The fraction of sp³-hybridized carbons (Fsp3) is 0.789. The summed E-state index contributed by atoms with van der Waals surface area (Å²) in [6.07, 6.45) is 10.4. The van der Waals surface area contributed by atoms with Crippen LogP contribution in [0.1, 0.15) is 45.4 Å². The summed E-state index contributed by atoms with van der Waals surface area (Å²) in [6, 6.07) is 0.197. The maximum absolute atomic E-state index is 12.8. The van der Waals surface area contributed by atoms with Crippen LogP contribution in [0.2, 0.25) is 0 Å². The minimum absolute atomic E-state index is 0.0502. The molecule has 24 heavy (non-hydrogen) atoms. The Kier molecular flexibility index (Phi) is 5.93. The highest BCUT2D eigenvalue weighted by Crippen LogP contribution is 2.34. The fourth-order valence-electron chi connectivity index (χ4n) is 3.71. The Hall–Kier alpha value is -1.36. The molecule has 1 aliphatic heterocycles. The Labute approximate surface area is 144 Å². The van der Waals surface area contributed by atoms with Gasteiger partial charge in [0.1, 0.15) is 0 Å². The highest BCUT2D eigenvalue weighted by Gasteiger charge is 2.37. The van der Waals surface area contributed by atoms with E-state index in [4.69, 9.17) is 4.74 Å². The Morgan fingerprint density at radius 2 is 1.83 bits per heavy atom. The molecule has 1 heterocycles. The summed E-state index contributed by atoms with van der Waals surface area (Å²) in [5, 5.41) is 3.15. The van der Waals surface area contributed by atoms with Crippen LogP contribution in [0.25, 0.3) is 0 Å². The van der Waals surface area contributed by atoms with Gasteiger partial charge in [-0.25, -0.2) is 0 Å². The number of hydrogen-bond donors (Lipinski definition) is 1. The molecular formula is C19H30N2O3. The van der Waals surface area contributed by atoms with Crippen molar-refractivity contribution in [1.29, 1.82) is 0 Å². The molecule has 1 N–H and O–H groups in total. The van der Waals surface area contributed by atoms with E-state index in [1.54, 1.807) is 0 Å².